The summed E-state index contributed by atoms with van der Waals surface area (Å²) in [6.45, 7) is 7.00. The molecule has 4 heteroatoms. The van der Waals surface area contributed by atoms with Crippen molar-refractivity contribution in [2.24, 2.45) is 0 Å². The minimum absolute atomic E-state index is 0.0243. The maximum absolute atomic E-state index is 12.8. The van der Waals surface area contributed by atoms with Crippen LogP contribution in [-0.2, 0) is 12.0 Å². The van der Waals surface area contributed by atoms with Crippen LogP contribution in [0.25, 0.3) is 22.0 Å². The van der Waals surface area contributed by atoms with Gasteiger partial charge in [0, 0.05) is 28.9 Å². The zero-order valence-electron chi connectivity index (χ0n) is 21.4. The first kappa shape index (κ1) is 23.9. The molecule has 0 bridgehead atoms. The number of hydrogen-bond donors (Lipinski definition) is 1. The summed E-state index contributed by atoms with van der Waals surface area (Å²) in [6, 6.07) is 22.7. The number of benzene rings is 3. The molecule has 4 aromatic rings. The summed E-state index contributed by atoms with van der Waals surface area (Å²) in [4.78, 5) is 12.8. The average molecular weight is 480 g/mol. The number of aromatic nitrogens is 1. The van der Waals surface area contributed by atoms with E-state index in [1.54, 1.807) is 7.11 Å². The van der Waals surface area contributed by atoms with E-state index in [0.717, 1.165) is 46.2 Å². The molecule has 0 saturated carbocycles. The lowest BCUT2D eigenvalue weighted by Crippen LogP contribution is -2.11. The van der Waals surface area contributed by atoms with Gasteiger partial charge in [-0.1, -0.05) is 75.4 Å². The first-order valence-corrected chi connectivity index (χ1v) is 12.6. The highest BCUT2D eigenvalue weighted by atomic mass is 16.5. The van der Waals surface area contributed by atoms with Crippen LogP contribution < -0.4 is 4.74 Å². The van der Waals surface area contributed by atoms with Gasteiger partial charge in [0.15, 0.2) is 0 Å². The highest BCUT2D eigenvalue weighted by Gasteiger charge is 2.25. The van der Waals surface area contributed by atoms with E-state index < -0.39 is 5.97 Å². The van der Waals surface area contributed by atoms with E-state index in [0.29, 0.717) is 18.2 Å². The van der Waals surface area contributed by atoms with E-state index in [-0.39, 0.29) is 5.41 Å². The number of nitrogens with zero attached hydrogens (tertiary/aromatic N) is 1. The Labute approximate surface area is 212 Å². The molecular weight excluding hydrogens is 446 g/mol. The van der Waals surface area contributed by atoms with Crippen LogP contribution in [0.5, 0.6) is 5.75 Å². The third-order valence-electron chi connectivity index (χ3n) is 7.25. The maximum Gasteiger partial charge on any atom is 0.353 e. The van der Waals surface area contributed by atoms with Crippen LogP contribution in [0, 0.1) is 0 Å². The fraction of sp³-hybridized carbons (Fsp3) is 0.281. The number of ether oxygens (including phenoxy) is 1. The predicted octanol–water partition coefficient (Wildman–Crippen LogP) is 7.79. The number of aromatic carboxylic acids is 1. The van der Waals surface area contributed by atoms with Crippen molar-refractivity contribution < 1.29 is 14.6 Å². The quantitative estimate of drug-likeness (QED) is 0.287. The van der Waals surface area contributed by atoms with Crippen molar-refractivity contribution >= 4 is 16.9 Å². The summed E-state index contributed by atoms with van der Waals surface area (Å²) in [5.74, 6) is 0.209. The third kappa shape index (κ3) is 4.44. The number of rotatable bonds is 6. The van der Waals surface area contributed by atoms with Crippen LogP contribution >= 0.6 is 0 Å². The number of methoxy groups -OCH3 is 1. The molecule has 3 aromatic carbocycles. The van der Waals surface area contributed by atoms with E-state index in [4.69, 9.17) is 4.74 Å². The molecule has 184 valence electrons. The zero-order valence-corrected chi connectivity index (χ0v) is 21.4. The van der Waals surface area contributed by atoms with Crippen molar-refractivity contribution in [3.05, 3.63) is 101 Å². The SMILES string of the molecule is COc1cccc(Cn2c(C(=O)O)c(-c3ccc(C(C)(C)C)cc3)c3cc(C4C=CCC4)ccc32)c1. The molecule has 4 nitrogen and oxygen atoms in total. The van der Waals surface area contributed by atoms with E-state index in [1.165, 1.54) is 11.1 Å². The van der Waals surface area contributed by atoms with Crippen molar-refractivity contribution in [3.8, 4) is 16.9 Å². The molecule has 1 atom stereocenters. The van der Waals surface area contributed by atoms with Gasteiger partial charge < -0.3 is 14.4 Å². The van der Waals surface area contributed by atoms with Gasteiger partial charge >= 0.3 is 5.97 Å². The molecule has 0 amide bonds. The molecule has 1 aromatic heterocycles. The molecule has 0 saturated heterocycles. The van der Waals surface area contributed by atoms with Gasteiger partial charge in [-0.25, -0.2) is 4.79 Å². The molecule has 1 heterocycles. The van der Waals surface area contributed by atoms with Gasteiger partial charge in [0.1, 0.15) is 11.4 Å². The Morgan fingerprint density at radius 3 is 2.47 bits per heavy atom. The Morgan fingerprint density at radius 2 is 1.83 bits per heavy atom. The Balaban J connectivity index is 1.74. The highest BCUT2D eigenvalue weighted by Crippen LogP contribution is 2.39. The summed E-state index contributed by atoms with van der Waals surface area (Å²) in [6.07, 6.45) is 6.68. The van der Waals surface area contributed by atoms with Crippen molar-refractivity contribution in [1.29, 1.82) is 0 Å². The molecule has 0 aliphatic heterocycles. The molecule has 1 unspecified atom stereocenters. The predicted molar refractivity (Wildman–Crippen MR) is 146 cm³/mol. The van der Waals surface area contributed by atoms with Gasteiger partial charge in [0.05, 0.1) is 7.11 Å². The smallest absolute Gasteiger partial charge is 0.353 e. The van der Waals surface area contributed by atoms with Crippen LogP contribution in [0.4, 0.5) is 0 Å². The number of carbonyl (C=O) groups is 1. The molecule has 0 fully saturated rings. The molecule has 0 spiro atoms. The van der Waals surface area contributed by atoms with Gasteiger partial charge in [0.25, 0.3) is 0 Å². The van der Waals surface area contributed by atoms with Gasteiger partial charge in [-0.2, -0.15) is 0 Å². The first-order valence-electron chi connectivity index (χ1n) is 12.6. The summed E-state index contributed by atoms with van der Waals surface area (Å²) >= 11 is 0. The lowest BCUT2D eigenvalue weighted by atomic mass is 9.86. The Hall–Kier alpha value is -3.79. The number of hydrogen-bond acceptors (Lipinski definition) is 2. The fourth-order valence-corrected chi connectivity index (χ4v) is 5.28. The number of carboxylic acids is 1. The Morgan fingerprint density at radius 1 is 1.06 bits per heavy atom. The van der Waals surface area contributed by atoms with Gasteiger partial charge in [-0.15, -0.1) is 0 Å². The first-order chi connectivity index (χ1) is 17.3. The third-order valence-corrected chi connectivity index (χ3v) is 7.25. The van der Waals surface area contributed by atoms with Crippen LogP contribution in [0.15, 0.2) is 78.9 Å². The van der Waals surface area contributed by atoms with Gasteiger partial charge in [0.2, 0.25) is 0 Å². The maximum atomic E-state index is 12.8. The molecule has 1 aliphatic rings. The molecule has 1 N–H and O–H groups in total. The average Bonchev–Trinajstić information content (AvgIpc) is 3.50. The lowest BCUT2D eigenvalue weighted by Gasteiger charge is -2.19. The number of carboxylic acid groups (broad SMARTS) is 1. The van der Waals surface area contributed by atoms with E-state index in [9.17, 15) is 9.90 Å². The van der Waals surface area contributed by atoms with E-state index in [1.807, 2.05) is 28.8 Å². The van der Waals surface area contributed by atoms with Gasteiger partial charge in [-0.3, -0.25) is 0 Å². The summed E-state index contributed by atoms with van der Waals surface area (Å²) in [7, 11) is 1.64. The molecule has 36 heavy (non-hydrogen) atoms. The van der Waals surface area contributed by atoms with Crippen LogP contribution in [0.3, 0.4) is 0 Å². The molecular formula is C32H33NO3. The van der Waals surface area contributed by atoms with Crippen LogP contribution in [0.2, 0.25) is 0 Å². The summed E-state index contributed by atoms with van der Waals surface area (Å²) in [5, 5.41) is 11.5. The standard InChI is InChI=1S/C32H33NO3/c1-32(2,3)25-15-12-23(13-16-25)29-27-19-24(22-9-5-6-10-22)14-17-28(27)33(30(29)31(34)35)20-21-8-7-11-26(18-21)36-4/h5,7-9,11-19,22H,6,10,20H2,1-4H3,(H,34,35). The molecule has 1 aliphatic carbocycles. The second-order valence-electron chi connectivity index (χ2n) is 10.7. The zero-order chi connectivity index (χ0) is 25.4. The topological polar surface area (TPSA) is 51.5 Å². The summed E-state index contributed by atoms with van der Waals surface area (Å²) < 4.78 is 7.35. The number of fused-ring (bicyclic) bond motifs is 1. The highest BCUT2D eigenvalue weighted by molar-refractivity contribution is 6.08. The fourth-order valence-electron chi connectivity index (χ4n) is 5.28. The Bertz CT molecular complexity index is 1450. The second kappa shape index (κ2) is 9.34. The normalized spacial score (nSPS) is 15.5. The van der Waals surface area contributed by atoms with Crippen LogP contribution in [-0.4, -0.2) is 22.8 Å². The van der Waals surface area contributed by atoms with Crippen molar-refractivity contribution in [2.75, 3.05) is 7.11 Å². The van der Waals surface area contributed by atoms with E-state index >= 15 is 0 Å². The number of allylic oxidation sites excluding steroid dienone is 2. The minimum Gasteiger partial charge on any atom is -0.497 e. The van der Waals surface area contributed by atoms with E-state index in [2.05, 4.69) is 75.4 Å². The largest absolute Gasteiger partial charge is 0.497 e. The monoisotopic (exact) mass is 479 g/mol. The second-order valence-corrected chi connectivity index (χ2v) is 10.7. The van der Waals surface area contributed by atoms with Crippen molar-refractivity contribution in [3.63, 3.8) is 0 Å². The molecule has 0 radical (unpaired) electrons. The minimum atomic E-state index is -0.925. The Kier molecular flexibility index (Phi) is 6.21. The van der Waals surface area contributed by atoms with Crippen molar-refractivity contribution in [2.45, 2.75) is 51.5 Å². The van der Waals surface area contributed by atoms with Crippen molar-refractivity contribution in [1.82, 2.24) is 4.57 Å². The van der Waals surface area contributed by atoms with Gasteiger partial charge in [-0.05, 0) is 64.8 Å². The summed E-state index contributed by atoms with van der Waals surface area (Å²) in [5.41, 5.74) is 6.42. The van der Waals surface area contributed by atoms with Crippen LogP contribution in [0.1, 0.15) is 66.7 Å². The molecule has 5 rings (SSSR count). The lowest BCUT2D eigenvalue weighted by molar-refractivity contribution is 0.0687.